The third-order valence-electron chi connectivity index (χ3n) is 4.14. The molecule has 1 saturated carbocycles. The molecule has 0 unspecified atom stereocenters. The van der Waals surface area contributed by atoms with Gasteiger partial charge in [0, 0.05) is 24.0 Å². The fourth-order valence-corrected chi connectivity index (χ4v) is 2.62. The molecule has 0 radical (unpaired) electrons. The summed E-state index contributed by atoms with van der Waals surface area (Å²) in [7, 11) is 0. The van der Waals surface area contributed by atoms with Crippen LogP contribution >= 0.6 is 0 Å². The van der Waals surface area contributed by atoms with Crippen LogP contribution in [0.4, 0.5) is 5.69 Å². The molecule has 1 aliphatic rings. The first-order chi connectivity index (χ1) is 12.3. The van der Waals surface area contributed by atoms with Crippen molar-refractivity contribution in [2.24, 2.45) is 5.92 Å². The Balaban J connectivity index is 2.29. The molecule has 2 N–H and O–H groups in total. The highest BCUT2D eigenvalue weighted by Gasteiger charge is 2.37. The molecule has 0 heterocycles. The number of nitrogens with zero attached hydrogens (tertiary/aromatic N) is 1. The number of carbonyl (C=O) groups is 3. The lowest BCUT2D eigenvalue weighted by Gasteiger charge is -2.24. The summed E-state index contributed by atoms with van der Waals surface area (Å²) in [5.74, 6) is -3.37. The molecule has 2 atom stereocenters. The zero-order chi connectivity index (χ0) is 19.3. The molecule has 26 heavy (non-hydrogen) atoms. The Bertz CT molecular complexity index is 698. The average molecular weight is 364 g/mol. The number of hydrogen-bond donors (Lipinski definition) is 2. The number of nitrogens with one attached hydrogen (secondary N) is 1. The molecular weight excluding hydrogens is 344 g/mol. The molecule has 1 aromatic rings. The predicted octanol–water partition coefficient (Wildman–Crippen LogP) is 1.61. The van der Waals surface area contributed by atoms with Crippen molar-refractivity contribution in [1.29, 1.82) is 0 Å². The molecule has 0 saturated heterocycles. The van der Waals surface area contributed by atoms with E-state index in [1.807, 2.05) is 0 Å². The molecule has 0 aromatic heterocycles. The van der Waals surface area contributed by atoms with Crippen LogP contribution < -0.4 is 5.32 Å². The van der Waals surface area contributed by atoms with Crippen LogP contribution in [0.15, 0.2) is 24.3 Å². The maximum Gasteiger partial charge on any atom is 0.326 e. The van der Waals surface area contributed by atoms with Gasteiger partial charge in [-0.1, -0.05) is 12.1 Å². The molecule has 2 rings (SSSR count). The standard InChI is InChI=1S/C17H20N2O7/c1-2-26-14(20)9-13(10-5-7-12(8-6-10)19(24)25)15(17(22)23)18-16(21)11-3-4-11/h5-8,11,13,15H,2-4,9H2,1H3,(H,18,21)(H,22,23)/t13-,15-/m0/s1. The highest BCUT2D eigenvalue weighted by molar-refractivity contribution is 5.87. The Labute approximate surface area is 149 Å². The zero-order valence-electron chi connectivity index (χ0n) is 14.2. The van der Waals surface area contributed by atoms with Gasteiger partial charge in [-0.2, -0.15) is 0 Å². The number of rotatable bonds is 9. The van der Waals surface area contributed by atoms with Crippen LogP contribution in [0.2, 0.25) is 0 Å². The van der Waals surface area contributed by atoms with E-state index in [1.54, 1.807) is 6.92 Å². The summed E-state index contributed by atoms with van der Waals surface area (Å²) < 4.78 is 4.90. The minimum atomic E-state index is -1.34. The summed E-state index contributed by atoms with van der Waals surface area (Å²) in [6, 6.07) is 3.90. The van der Waals surface area contributed by atoms with Crippen molar-refractivity contribution in [3.63, 3.8) is 0 Å². The highest BCUT2D eigenvalue weighted by atomic mass is 16.6. The van der Waals surface area contributed by atoms with E-state index in [1.165, 1.54) is 24.3 Å². The Morgan fingerprint density at radius 1 is 1.31 bits per heavy atom. The van der Waals surface area contributed by atoms with Crippen LogP contribution in [-0.4, -0.2) is 40.5 Å². The van der Waals surface area contributed by atoms with E-state index in [4.69, 9.17) is 4.74 Å². The number of carbonyl (C=O) groups excluding carboxylic acids is 2. The van der Waals surface area contributed by atoms with Crippen LogP contribution in [0.1, 0.15) is 37.7 Å². The van der Waals surface area contributed by atoms with E-state index in [0.29, 0.717) is 18.4 Å². The number of ether oxygens (including phenoxy) is 1. The fourth-order valence-electron chi connectivity index (χ4n) is 2.62. The third kappa shape index (κ3) is 5.01. The lowest BCUT2D eigenvalue weighted by molar-refractivity contribution is -0.384. The van der Waals surface area contributed by atoms with Gasteiger partial charge in [-0.3, -0.25) is 19.7 Å². The summed E-state index contributed by atoms with van der Waals surface area (Å²) >= 11 is 0. The van der Waals surface area contributed by atoms with Gasteiger partial charge in [-0.05, 0) is 25.3 Å². The largest absolute Gasteiger partial charge is 0.480 e. The van der Waals surface area contributed by atoms with Crippen molar-refractivity contribution in [1.82, 2.24) is 5.32 Å². The normalized spacial score (nSPS) is 15.6. The molecular formula is C17H20N2O7. The Morgan fingerprint density at radius 3 is 2.38 bits per heavy atom. The summed E-state index contributed by atoms with van der Waals surface area (Å²) in [4.78, 5) is 45.9. The van der Waals surface area contributed by atoms with E-state index in [-0.39, 0.29) is 30.5 Å². The number of non-ortho nitro benzene ring substituents is 1. The average Bonchev–Trinajstić information content (AvgIpc) is 3.43. The van der Waals surface area contributed by atoms with Crippen LogP contribution in [0.3, 0.4) is 0 Å². The summed E-state index contributed by atoms with van der Waals surface area (Å²) in [6.07, 6.45) is 1.14. The van der Waals surface area contributed by atoms with Gasteiger partial charge in [0.25, 0.3) is 5.69 Å². The van der Waals surface area contributed by atoms with E-state index in [2.05, 4.69) is 5.32 Å². The van der Waals surface area contributed by atoms with Gasteiger partial charge in [0.2, 0.25) is 5.91 Å². The maximum atomic E-state index is 12.0. The van der Waals surface area contributed by atoms with Crippen molar-refractivity contribution in [2.45, 2.75) is 38.1 Å². The molecule has 1 fully saturated rings. The van der Waals surface area contributed by atoms with Gasteiger partial charge in [-0.25, -0.2) is 4.79 Å². The Hall–Kier alpha value is -2.97. The molecule has 1 aromatic carbocycles. The minimum absolute atomic E-state index is 0.137. The van der Waals surface area contributed by atoms with Crippen LogP contribution in [0, 0.1) is 16.0 Å². The number of carboxylic acids is 1. The topological polar surface area (TPSA) is 136 Å². The molecule has 1 amide bonds. The van der Waals surface area contributed by atoms with Gasteiger partial charge in [-0.15, -0.1) is 0 Å². The zero-order valence-corrected chi connectivity index (χ0v) is 14.2. The first-order valence-corrected chi connectivity index (χ1v) is 8.26. The van der Waals surface area contributed by atoms with Crippen molar-refractivity contribution < 1.29 is 29.2 Å². The number of nitro groups is 1. The number of hydrogen-bond acceptors (Lipinski definition) is 6. The van der Waals surface area contributed by atoms with E-state index >= 15 is 0 Å². The predicted molar refractivity (Wildman–Crippen MR) is 89.4 cm³/mol. The number of aliphatic carboxylic acids is 1. The minimum Gasteiger partial charge on any atom is -0.480 e. The third-order valence-corrected chi connectivity index (χ3v) is 4.14. The molecule has 140 valence electrons. The van der Waals surface area contributed by atoms with Crippen LogP contribution in [0.25, 0.3) is 0 Å². The van der Waals surface area contributed by atoms with Gasteiger partial charge >= 0.3 is 11.9 Å². The van der Waals surface area contributed by atoms with Gasteiger partial charge in [0.05, 0.1) is 18.0 Å². The Kier molecular flexibility index (Phi) is 6.26. The lowest BCUT2D eigenvalue weighted by Crippen LogP contribution is -2.46. The summed E-state index contributed by atoms with van der Waals surface area (Å²) in [6.45, 7) is 1.76. The molecule has 9 heteroatoms. The quantitative estimate of drug-likeness (QED) is 0.386. The number of benzene rings is 1. The van der Waals surface area contributed by atoms with Gasteiger partial charge < -0.3 is 15.2 Å². The molecule has 0 spiro atoms. The van der Waals surface area contributed by atoms with Gasteiger partial charge in [0.15, 0.2) is 0 Å². The van der Waals surface area contributed by atoms with Crippen LogP contribution in [0.5, 0.6) is 0 Å². The molecule has 1 aliphatic carbocycles. The van der Waals surface area contributed by atoms with Crippen molar-refractivity contribution in [2.75, 3.05) is 6.61 Å². The van der Waals surface area contributed by atoms with E-state index < -0.39 is 28.8 Å². The number of nitro benzene ring substituents is 1. The number of esters is 1. The second-order valence-corrected chi connectivity index (χ2v) is 6.06. The van der Waals surface area contributed by atoms with Crippen molar-refractivity contribution >= 4 is 23.5 Å². The molecule has 0 aliphatic heterocycles. The van der Waals surface area contributed by atoms with Crippen molar-refractivity contribution in [3.8, 4) is 0 Å². The lowest BCUT2D eigenvalue weighted by atomic mass is 9.88. The van der Waals surface area contributed by atoms with Crippen molar-refractivity contribution in [3.05, 3.63) is 39.9 Å². The second-order valence-electron chi connectivity index (χ2n) is 6.06. The summed E-state index contributed by atoms with van der Waals surface area (Å²) in [5, 5.41) is 22.8. The monoisotopic (exact) mass is 364 g/mol. The summed E-state index contributed by atoms with van der Waals surface area (Å²) in [5.41, 5.74) is 0.240. The van der Waals surface area contributed by atoms with E-state index in [0.717, 1.165) is 0 Å². The molecule has 9 nitrogen and oxygen atoms in total. The smallest absolute Gasteiger partial charge is 0.326 e. The van der Waals surface area contributed by atoms with Gasteiger partial charge in [0.1, 0.15) is 6.04 Å². The molecule has 0 bridgehead atoms. The number of carboxylic acid groups (broad SMARTS) is 1. The highest BCUT2D eigenvalue weighted by Crippen LogP contribution is 2.31. The first kappa shape index (κ1) is 19.4. The second kappa shape index (κ2) is 8.41. The maximum absolute atomic E-state index is 12.0. The number of amides is 1. The van der Waals surface area contributed by atoms with Crippen LogP contribution in [-0.2, 0) is 19.1 Å². The fraction of sp³-hybridized carbons (Fsp3) is 0.471. The van der Waals surface area contributed by atoms with E-state index in [9.17, 15) is 29.6 Å². The Morgan fingerprint density at radius 2 is 1.92 bits per heavy atom. The first-order valence-electron chi connectivity index (χ1n) is 8.26. The SMILES string of the molecule is CCOC(=O)C[C@@H](c1ccc([N+](=O)[O-])cc1)[C@H](NC(=O)C1CC1)C(=O)O.